The van der Waals surface area contributed by atoms with Crippen LogP contribution < -0.4 is 4.74 Å². The molecule has 1 saturated heterocycles. The van der Waals surface area contributed by atoms with Crippen LogP contribution in [0.1, 0.15) is 24.8 Å². The van der Waals surface area contributed by atoms with Crippen molar-refractivity contribution in [2.24, 2.45) is 11.8 Å². The first kappa shape index (κ1) is 22.5. The molecule has 8 heteroatoms. The van der Waals surface area contributed by atoms with Crippen LogP contribution in [0.2, 0.25) is 0 Å². The number of carboxylic acid groups (broad SMARTS) is 1. The first-order chi connectivity index (χ1) is 13.2. The van der Waals surface area contributed by atoms with E-state index in [0.717, 1.165) is 18.1 Å². The van der Waals surface area contributed by atoms with Gasteiger partial charge in [-0.3, -0.25) is 0 Å². The Labute approximate surface area is 163 Å². The lowest BCUT2D eigenvalue weighted by atomic mass is 9.88. The van der Waals surface area contributed by atoms with E-state index >= 15 is 0 Å². The fourth-order valence-electron chi connectivity index (χ4n) is 3.49. The number of piperidine rings is 1. The average Bonchev–Trinajstić information content (AvgIpc) is 3.46. The summed E-state index contributed by atoms with van der Waals surface area (Å²) < 4.78 is 42.7. The lowest BCUT2D eigenvalue weighted by Gasteiger charge is -2.38. The van der Waals surface area contributed by atoms with Crippen molar-refractivity contribution in [1.82, 2.24) is 4.90 Å². The van der Waals surface area contributed by atoms with Gasteiger partial charge in [-0.2, -0.15) is 13.2 Å². The SMILES string of the molecule is COc1ccc(C[C@H]2CN(CC3CC3)CC[C@H]2OC)cc1.O=C(O)C(F)(F)F. The van der Waals surface area contributed by atoms with Crippen LogP contribution in [0.3, 0.4) is 0 Å². The molecule has 1 aromatic carbocycles. The topological polar surface area (TPSA) is 59.0 Å². The van der Waals surface area contributed by atoms with Crippen molar-refractivity contribution < 1.29 is 32.5 Å². The molecule has 1 heterocycles. The largest absolute Gasteiger partial charge is 0.497 e. The van der Waals surface area contributed by atoms with Gasteiger partial charge in [-0.05, 0) is 49.3 Å². The lowest BCUT2D eigenvalue weighted by Crippen LogP contribution is -2.45. The zero-order valence-electron chi connectivity index (χ0n) is 16.2. The lowest BCUT2D eigenvalue weighted by molar-refractivity contribution is -0.192. The molecule has 2 atom stereocenters. The molecule has 0 aromatic heterocycles. The van der Waals surface area contributed by atoms with Gasteiger partial charge in [-0.1, -0.05) is 12.1 Å². The molecule has 3 rings (SSSR count). The van der Waals surface area contributed by atoms with Crippen LogP contribution >= 0.6 is 0 Å². The van der Waals surface area contributed by atoms with Gasteiger partial charge in [-0.25, -0.2) is 4.79 Å². The number of rotatable bonds is 6. The highest BCUT2D eigenvalue weighted by atomic mass is 19.4. The van der Waals surface area contributed by atoms with E-state index in [2.05, 4.69) is 29.2 Å². The number of ether oxygens (including phenoxy) is 2. The van der Waals surface area contributed by atoms with Gasteiger partial charge in [0.1, 0.15) is 5.75 Å². The molecule has 0 bridgehead atoms. The molecule has 0 amide bonds. The van der Waals surface area contributed by atoms with E-state index in [1.807, 2.05) is 7.11 Å². The molecule has 0 spiro atoms. The van der Waals surface area contributed by atoms with E-state index in [-0.39, 0.29) is 0 Å². The van der Waals surface area contributed by atoms with E-state index in [1.54, 1.807) is 7.11 Å². The summed E-state index contributed by atoms with van der Waals surface area (Å²) >= 11 is 0. The number of alkyl halides is 3. The van der Waals surface area contributed by atoms with Crippen LogP contribution in [0.25, 0.3) is 0 Å². The average molecular weight is 403 g/mol. The molecule has 0 radical (unpaired) electrons. The van der Waals surface area contributed by atoms with E-state index in [4.69, 9.17) is 19.4 Å². The molecule has 2 aliphatic rings. The third-order valence-electron chi connectivity index (χ3n) is 5.16. The zero-order valence-corrected chi connectivity index (χ0v) is 16.2. The summed E-state index contributed by atoms with van der Waals surface area (Å²) in [6.07, 6.45) is 0.469. The van der Waals surface area contributed by atoms with Gasteiger partial charge < -0.3 is 19.5 Å². The van der Waals surface area contributed by atoms with Crippen molar-refractivity contribution in [2.75, 3.05) is 33.9 Å². The Balaban J connectivity index is 0.000000345. The summed E-state index contributed by atoms with van der Waals surface area (Å²) in [7, 11) is 3.58. The van der Waals surface area contributed by atoms with Gasteiger partial charge in [0, 0.05) is 32.7 Å². The predicted octanol–water partition coefficient (Wildman–Crippen LogP) is 3.62. The van der Waals surface area contributed by atoms with Crippen LogP contribution in [-0.2, 0) is 16.0 Å². The van der Waals surface area contributed by atoms with Crippen molar-refractivity contribution in [3.05, 3.63) is 29.8 Å². The van der Waals surface area contributed by atoms with Crippen LogP contribution in [0.5, 0.6) is 5.75 Å². The third kappa shape index (κ3) is 7.31. The normalized spacial score (nSPS) is 22.9. The Morgan fingerprint density at radius 1 is 1.18 bits per heavy atom. The number of hydrogen-bond acceptors (Lipinski definition) is 4. The monoisotopic (exact) mass is 403 g/mol. The number of carbonyl (C=O) groups is 1. The van der Waals surface area contributed by atoms with Gasteiger partial charge in [0.2, 0.25) is 0 Å². The van der Waals surface area contributed by atoms with Crippen LogP contribution in [0.4, 0.5) is 13.2 Å². The van der Waals surface area contributed by atoms with Crippen molar-refractivity contribution in [1.29, 1.82) is 0 Å². The molecule has 1 saturated carbocycles. The van der Waals surface area contributed by atoms with Gasteiger partial charge in [0.05, 0.1) is 13.2 Å². The van der Waals surface area contributed by atoms with Crippen LogP contribution in [0, 0.1) is 11.8 Å². The number of methoxy groups -OCH3 is 2. The summed E-state index contributed by atoms with van der Waals surface area (Å²) in [6.45, 7) is 3.69. The maximum atomic E-state index is 10.6. The molecular weight excluding hydrogens is 375 g/mol. The summed E-state index contributed by atoms with van der Waals surface area (Å²) in [6, 6.07) is 8.49. The maximum absolute atomic E-state index is 10.6. The fraction of sp³-hybridized carbons (Fsp3) is 0.650. The number of benzene rings is 1. The van der Waals surface area contributed by atoms with Gasteiger partial charge in [-0.15, -0.1) is 0 Å². The first-order valence-electron chi connectivity index (χ1n) is 9.41. The van der Waals surface area contributed by atoms with E-state index < -0.39 is 12.1 Å². The second-order valence-electron chi connectivity index (χ2n) is 7.38. The Kier molecular flexibility index (Phi) is 8.12. The second kappa shape index (κ2) is 10.1. The number of carboxylic acids is 1. The van der Waals surface area contributed by atoms with Gasteiger partial charge >= 0.3 is 12.1 Å². The first-order valence-corrected chi connectivity index (χ1v) is 9.41. The Hall–Kier alpha value is -1.80. The highest BCUT2D eigenvalue weighted by molar-refractivity contribution is 5.73. The molecule has 158 valence electrons. The molecule has 2 fully saturated rings. The van der Waals surface area contributed by atoms with E-state index in [9.17, 15) is 13.2 Å². The number of aliphatic carboxylic acids is 1. The molecule has 5 nitrogen and oxygen atoms in total. The number of nitrogens with zero attached hydrogens (tertiary/aromatic N) is 1. The maximum Gasteiger partial charge on any atom is 0.490 e. The summed E-state index contributed by atoms with van der Waals surface area (Å²) in [5, 5.41) is 7.12. The fourth-order valence-corrected chi connectivity index (χ4v) is 3.49. The summed E-state index contributed by atoms with van der Waals surface area (Å²) in [5.41, 5.74) is 1.39. The van der Waals surface area contributed by atoms with Crippen molar-refractivity contribution in [3.8, 4) is 5.75 Å². The van der Waals surface area contributed by atoms with Gasteiger partial charge in [0.25, 0.3) is 0 Å². The molecule has 1 aromatic rings. The van der Waals surface area contributed by atoms with Crippen LogP contribution in [0.15, 0.2) is 24.3 Å². The zero-order chi connectivity index (χ0) is 20.7. The van der Waals surface area contributed by atoms with E-state index in [0.29, 0.717) is 12.0 Å². The Morgan fingerprint density at radius 2 is 1.79 bits per heavy atom. The predicted molar refractivity (Wildman–Crippen MR) is 98.5 cm³/mol. The smallest absolute Gasteiger partial charge is 0.490 e. The van der Waals surface area contributed by atoms with Crippen molar-refractivity contribution in [2.45, 2.75) is 38.0 Å². The number of halogens is 3. The second-order valence-corrected chi connectivity index (χ2v) is 7.38. The standard InChI is InChI=1S/C18H27NO2.C2HF3O2/c1-20-17-7-5-14(6-8-17)11-16-13-19(12-15-3-4-15)10-9-18(16)21-2;3-2(4,5)1(6)7/h5-8,15-16,18H,3-4,9-13H2,1-2H3;(H,6,7)/t16-,18+;/m0./s1. The minimum absolute atomic E-state index is 0.405. The summed E-state index contributed by atoms with van der Waals surface area (Å²) in [5.74, 6) is -0.241. The van der Waals surface area contributed by atoms with E-state index in [1.165, 1.54) is 44.5 Å². The van der Waals surface area contributed by atoms with Crippen molar-refractivity contribution >= 4 is 5.97 Å². The molecular formula is C20H28F3NO4. The molecule has 1 N–H and O–H groups in total. The summed E-state index contributed by atoms with van der Waals surface area (Å²) in [4.78, 5) is 11.5. The highest BCUT2D eigenvalue weighted by Crippen LogP contribution is 2.32. The quantitative estimate of drug-likeness (QED) is 0.786. The minimum Gasteiger partial charge on any atom is -0.497 e. The number of hydrogen-bond donors (Lipinski definition) is 1. The Morgan fingerprint density at radius 3 is 2.25 bits per heavy atom. The molecule has 28 heavy (non-hydrogen) atoms. The van der Waals surface area contributed by atoms with Gasteiger partial charge in [0.15, 0.2) is 0 Å². The number of likely N-dealkylation sites (tertiary alicyclic amines) is 1. The van der Waals surface area contributed by atoms with Crippen LogP contribution in [-0.4, -0.2) is 62.1 Å². The molecule has 1 aliphatic carbocycles. The third-order valence-corrected chi connectivity index (χ3v) is 5.16. The molecule has 1 aliphatic heterocycles. The van der Waals surface area contributed by atoms with Crippen molar-refractivity contribution in [3.63, 3.8) is 0 Å². The highest BCUT2D eigenvalue weighted by Gasteiger charge is 2.38. The Bertz CT molecular complexity index is 617. The minimum atomic E-state index is -5.08. The molecule has 0 unspecified atom stereocenters.